The van der Waals surface area contributed by atoms with Crippen LogP contribution in [0.15, 0.2) is 0 Å². The Balaban J connectivity index is 1.95. The van der Waals surface area contributed by atoms with E-state index in [-0.39, 0.29) is 12.3 Å². The Hall–Kier alpha value is -0.620. The summed E-state index contributed by atoms with van der Waals surface area (Å²) in [5.74, 6) is 0. The quantitative estimate of drug-likeness (QED) is 0.877. The summed E-state index contributed by atoms with van der Waals surface area (Å²) in [6.07, 6.45) is 1.22. The third kappa shape index (κ3) is 2.98. The Morgan fingerprint density at radius 3 is 2.71 bits per heavy atom. The van der Waals surface area contributed by atoms with Gasteiger partial charge in [-0.2, -0.15) is 5.10 Å². The highest BCUT2D eigenvalue weighted by Crippen LogP contribution is 2.21. The van der Waals surface area contributed by atoms with Crippen molar-refractivity contribution in [2.24, 2.45) is 12.8 Å². The molecule has 5 nitrogen and oxygen atoms in total. The van der Waals surface area contributed by atoms with Gasteiger partial charge in [0.25, 0.3) is 0 Å². The molecule has 1 atom stereocenters. The molecule has 0 bridgehead atoms. The van der Waals surface area contributed by atoms with Crippen LogP contribution in [0.4, 0.5) is 0 Å². The minimum atomic E-state index is -0.166. The summed E-state index contributed by atoms with van der Waals surface area (Å²) in [5, 5.41) is 4.92. The van der Waals surface area contributed by atoms with Crippen molar-refractivity contribution in [3.05, 3.63) is 16.4 Å². The molecule has 1 unspecified atom stereocenters. The second kappa shape index (κ2) is 5.35. The molecular weight excluding hydrogens is 242 g/mol. The van der Waals surface area contributed by atoms with Crippen molar-refractivity contribution in [1.82, 2.24) is 9.78 Å². The SMILES string of the molecule is Cc1nn(C)c(Cl)c1CC(N)CC1OCCO1. The largest absolute Gasteiger partial charge is 0.350 e. The molecule has 0 spiro atoms. The first-order valence-electron chi connectivity index (χ1n) is 5.74. The number of nitrogens with zero attached hydrogens (tertiary/aromatic N) is 2. The highest BCUT2D eigenvalue weighted by atomic mass is 35.5. The van der Waals surface area contributed by atoms with Gasteiger partial charge in [-0.3, -0.25) is 4.68 Å². The van der Waals surface area contributed by atoms with Gasteiger partial charge < -0.3 is 15.2 Å². The first-order valence-corrected chi connectivity index (χ1v) is 6.12. The number of aryl methyl sites for hydroxylation is 2. The molecule has 2 heterocycles. The lowest BCUT2D eigenvalue weighted by Crippen LogP contribution is -2.29. The van der Waals surface area contributed by atoms with Gasteiger partial charge in [0, 0.05) is 25.1 Å². The molecule has 0 aromatic carbocycles. The van der Waals surface area contributed by atoms with Gasteiger partial charge in [0.05, 0.1) is 18.9 Å². The van der Waals surface area contributed by atoms with Crippen LogP contribution in [0.2, 0.25) is 5.15 Å². The Morgan fingerprint density at radius 1 is 1.53 bits per heavy atom. The Kier molecular flexibility index (Phi) is 4.04. The van der Waals surface area contributed by atoms with Crippen molar-refractivity contribution in [3.63, 3.8) is 0 Å². The smallest absolute Gasteiger partial charge is 0.159 e. The van der Waals surface area contributed by atoms with E-state index in [1.807, 2.05) is 14.0 Å². The molecule has 2 N–H and O–H groups in total. The Bertz CT molecular complexity index is 388. The normalized spacial score (nSPS) is 18.8. The molecule has 1 saturated heterocycles. The summed E-state index contributed by atoms with van der Waals surface area (Å²) < 4.78 is 12.4. The van der Waals surface area contributed by atoms with Gasteiger partial charge in [0.15, 0.2) is 6.29 Å². The van der Waals surface area contributed by atoms with Crippen molar-refractivity contribution in [2.45, 2.75) is 32.1 Å². The molecule has 1 fully saturated rings. The maximum atomic E-state index is 6.16. The average molecular weight is 260 g/mol. The molecule has 17 heavy (non-hydrogen) atoms. The number of ether oxygens (including phenoxy) is 2. The number of nitrogens with two attached hydrogens (primary N) is 1. The fraction of sp³-hybridized carbons (Fsp3) is 0.727. The van der Waals surface area contributed by atoms with Crippen molar-refractivity contribution >= 4 is 11.6 Å². The monoisotopic (exact) mass is 259 g/mol. The molecule has 1 aromatic heterocycles. The van der Waals surface area contributed by atoms with Gasteiger partial charge in [-0.1, -0.05) is 11.6 Å². The van der Waals surface area contributed by atoms with Gasteiger partial charge in [-0.25, -0.2) is 0 Å². The number of rotatable bonds is 4. The highest BCUT2D eigenvalue weighted by Gasteiger charge is 2.21. The van der Waals surface area contributed by atoms with Crippen molar-refractivity contribution in [3.8, 4) is 0 Å². The minimum absolute atomic E-state index is 0.0292. The molecule has 0 radical (unpaired) electrons. The van der Waals surface area contributed by atoms with Crippen LogP contribution in [-0.2, 0) is 22.9 Å². The van der Waals surface area contributed by atoms with Gasteiger partial charge in [-0.15, -0.1) is 0 Å². The molecule has 1 aliphatic rings. The van der Waals surface area contributed by atoms with E-state index in [1.54, 1.807) is 4.68 Å². The number of hydrogen-bond donors (Lipinski definition) is 1. The van der Waals surface area contributed by atoms with E-state index in [0.29, 0.717) is 31.2 Å². The van der Waals surface area contributed by atoms with Gasteiger partial charge in [-0.05, 0) is 13.3 Å². The van der Waals surface area contributed by atoms with E-state index in [2.05, 4.69) is 5.10 Å². The summed E-state index contributed by atoms with van der Waals surface area (Å²) in [5.41, 5.74) is 8.02. The molecule has 0 amide bonds. The third-order valence-corrected chi connectivity index (χ3v) is 3.39. The Morgan fingerprint density at radius 2 is 2.18 bits per heavy atom. The average Bonchev–Trinajstić information content (AvgIpc) is 2.83. The second-order valence-corrected chi connectivity index (χ2v) is 4.71. The van der Waals surface area contributed by atoms with Gasteiger partial charge >= 0.3 is 0 Å². The van der Waals surface area contributed by atoms with E-state index in [9.17, 15) is 0 Å². The topological polar surface area (TPSA) is 62.3 Å². The Labute approximate surface area is 106 Å². The maximum absolute atomic E-state index is 6.16. The van der Waals surface area contributed by atoms with E-state index in [4.69, 9.17) is 26.8 Å². The highest BCUT2D eigenvalue weighted by molar-refractivity contribution is 6.30. The van der Waals surface area contributed by atoms with Gasteiger partial charge in [0.2, 0.25) is 0 Å². The fourth-order valence-corrected chi connectivity index (χ4v) is 2.29. The molecule has 6 heteroatoms. The summed E-state index contributed by atoms with van der Waals surface area (Å²) in [7, 11) is 1.83. The fourth-order valence-electron chi connectivity index (χ4n) is 2.04. The lowest BCUT2D eigenvalue weighted by Gasteiger charge is -2.15. The van der Waals surface area contributed by atoms with Crippen LogP contribution in [0, 0.1) is 6.92 Å². The number of aromatic nitrogens is 2. The van der Waals surface area contributed by atoms with E-state index >= 15 is 0 Å². The van der Waals surface area contributed by atoms with E-state index in [1.165, 1.54) is 0 Å². The minimum Gasteiger partial charge on any atom is -0.350 e. The summed E-state index contributed by atoms with van der Waals surface area (Å²) >= 11 is 6.16. The zero-order valence-electron chi connectivity index (χ0n) is 10.1. The summed E-state index contributed by atoms with van der Waals surface area (Å²) in [6.45, 7) is 3.25. The zero-order valence-corrected chi connectivity index (χ0v) is 10.9. The molecular formula is C11H18ClN3O2. The third-order valence-electron chi connectivity index (χ3n) is 2.92. The van der Waals surface area contributed by atoms with Crippen LogP contribution < -0.4 is 5.73 Å². The standard InChI is InChI=1S/C11H18ClN3O2/c1-7-9(11(12)15(2)14-7)5-8(13)6-10-16-3-4-17-10/h8,10H,3-6,13H2,1-2H3. The van der Waals surface area contributed by atoms with Crippen LogP contribution in [0.1, 0.15) is 17.7 Å². The van der Waals surface area contributed by atoms with Crippen molar-refractivity contribution < 1.29 is 9.47 Å². The summed E-state index contributed by atoms with van der Waals surface area (Å²) in [4.78, 5) is 0. The van der Waals surface area contributed by atoms with Gasteiger partial charge in [0.1, 0.15) is 5.15 Å². The second-order valence-electron chi connectivity index (χ2n) is 4.35. The summed E-state index contributed by atoms with van der Waals surface area (Å²) in [6, 6.07) is -0.0292. The molecule has 0 aliphatic carbocycles. The molecule has 1 aromatic rings. The number of halogens is 1. The number of hydrogen-bond acceptors (Lipinski definition) is 4. The predicted octanol–water partition coefficient (Wildman–Crippen LogP) is 1.01. The van der Waals surface area contributed by atoms with Crippen LogP contribution in [0.3, 0.4) is 0 Å². The first kappa shape index (κ1) is 12.8. The van der Waals surface area contributed by atoms with Crippen LogP contribution in [-0.4, -0.2) is 35.3 Å². The zero-order chi connectivity index (χ0) is 12.4. The van der Waals surface area contributed by atoms with Crippen LogP contribution in [0.5, 0.6) is 0 Å². The van der Waals surface area contributed by atoms with Crippen molar-refractivity contribution in [2.75, 3.05) is 13.2 Å². The first-order chi connectivity index (χ1) is 8.08. The molecule has 2 rings (SSSR count). The lowest BCUT2D eigenvalue weighted by molar-refractivity contribution is -0.0504. The van der Waals surface area contributed by atoms with E-state index in [0.717, 1.165) is 11.3 Å². The van der Waals surface area contributed by atoms with E-state index < -0.39 is 0 Å². The van der Waals surface area contributed by atoms with Crippen molar-refractivity contribution in [1.29, 1.82) is 0 Å². The van der Waals surface area contributed by atoms with Crippen LogP contribution >= 0.6 is 11.6 Å². The van der Waals surface area contributed by atoms with Crippen LogP contribution in [0.25, 0.3) is 0 Å². The predicted molar refractivity (Wildman–Crippen MR) is 64.9 cm³/mol. The lowest BCUT2D eigenvalue weighted by atomic mass is 10.0. The molecule has 1 aliphatic heterocycles. The maximum Gasteiger partial charge on any atom is 0.159 e. The molecule has 0 saturated carbocycles. The molecule has 96 valence electrons.